The lowest BCUT2D eigenvalue weighted by atomic mass is 10.3. The number of hydrogen-bond acceptors (Lipinski definition) is 2. The normalized spacial score (nSPS) is 12.7. The highest BCUT2D eigenvalue weighted by Gasteiger charge is 2.35. The highest BCUT2D eigenvalue weighted by molar-refractivity contribution is 6.32. The summed E-state index contributed by atoms with van der Waals surface area (Å²) in [5.41, 5.74) is -3.71. The number of hydrogen-bond donors (Lipinski definition) is 1. The molecule has 2 aromatic heterocycles. The summed E-state index contributed by atoms with van der Waals surface area (Å²) in [7, 11) is 0. The minimum Gasteiger partial charge on any atom is -0.285 e. The standard InChI is InChI=1S/C10H4ClF6N3O/c11-5-1-4(9(12,13)14)3-18-8(5)20-7(21)2-6(19-20)10(15,16)17/h1-3,19H. The van der Waals surface area contributed by atoms with Gasteiger partial charge >= 0.3 is 12.4 Å². The van der Waals surface area contributed by atoms with Crippen LogP contribution in [0, 0.1) is 0 Å². The van der Waals surface area contributed by atoms with Gasteiger partial charge in [-0.25, -0.2) is 4.98 Å². The van der Waals surface area contributed by atoms with Gasteiger partial charge in [-0.2, -0.15) is 31.0 Å². The van der Waals surface area contributed by atoms with Crippen LogP contribution in [0.2, 0.25) is 5.02 Å². The van der Waals surface area contributed by atoms with E-state index in [0.29, 0.717) is 16.9 Å². The van der Waals surface area contributed by atoms with Gasteiger partial charge in [0.2, 0.25) is 0 Å². The number of pyridine rings is 1. The first kappa shape index (κ1) is 15.4. The van der Waals surface area contributed by atoms with E-state index in [0.717, 1.165) is 0 Å². The summed E-state index contributed by atoms with van der Waals surface area (Å²) in [6, 6.07) is 0.708. The van der Waals surface area contributed by atoms with Crippen LogP contribution in [0.1, 0.15) is 11.3 Å². The Morgan fingerprint density at radius 1 is 1.10 bits per heavy atom. The smallest absolute Gasteiger partial charge is 0.285 e. The van der Waals surface area contributed by atoms with Gasteiger partial charge in [-0.1, -0.05) is 11.6 Å². The molecule has 11 heteroatoms. The summed E-state index contributed by atoms with van der Waals surface area (Å²) >= 11 is 5.54. The zero-order valence-electron chi connectivity index (χ0n) is 9.68. The summed E-state index contributed by atoms with van der Waals surface area (Å²) in [6.45, 7) is 0. The van der Waals surface area contributed by atoms with Crippen LogP contribution in [-0.2, 0) is 12.4 Å². The second-order valence-electron chi connectivity index (χ2n) is 3.87. The lowest BCUT2D eigenvalue weighted by Gasteiger charge is -2.09. The molecular formula is C10H4ClF6N3O. The van der Waals surface area contributed by atoms with Gasteiger partial charge in [0.25, 0.3) is 5.56 Å². The van der Waals surface area contributed by atoms with E-state index in [4.69, 9.17) is 11.6 Å². The first-order valence-electron chi connectivity index (χ1n) is 5.12. The second-order valence-corrected chi connectivity index (χ2v) is 4.28. The van der Waals surface area contributed by atoms with E-state index in [2.05, 4.69) is 4.98 Å². The largest absolute Gasteiger partial charge is 0.432 e. The van der Waals surface area contributed by atoms with Gasteiger partial charge in [-0.05, 0) is 6.07 Å². The molecule has 2 aromatic rings. The Morgan fingerprint density at radius 2 is 1.71 bits per heavy atom. The van der Waals surface area contributed by atoms with E-state index in [1.165, 1.54) is 0 Å². The highest BCUT2D eigenvalue weighted by Crippen LogP contribution is 2.32. The van der Waals surface area contributed by atoms with Crippen LogP contribution in [0.3, 0.4) is 0 Å². The van der Waals surface area contributed by atoms with Gasteiger partial charge in [-0.15, -0.1) is 0 Å². The maximum Gasteiger partial charge on any atom is 0.432 e. The summed E-state index contributed by atoms with van der Waals surface area (Å²) in [5.74, 6) is -0.565. The lowest BCUT2D eigenvalue weighted by molar-refractivity contribution is -0.141. The van der Waals surface area contributed by atoms with Gasteiger partial charge in [0.15, 0.2) is 5.82 Å². The first-order chi connectivity index (χ1) is 9.50. The number of alkyl halides is 6. The molecule has 0 saturated carbocycles. The minimum atomic E-state index is -4.82. The van der Waals surface area contributed by atoms with Crippen LogP contribution < -0.4 is 5.56 Å². The van der Waals surface area contributed by atoms with E-state index in [1.54, 1.807) is 5.10 Å². The van der Waals surface area contributed by atoms with E-state index in [1.807, 2.05) is 0 Å². The monoisotopic (exact) mass is 331 g/mol. The Morgan fingerprint density at radius 3 is 2.14 bits per heavy atom. The van der Waals surface area contributed by atoms with E-state index >= 15 is 0 Å². The molecule has 0 radical (unpaired) electrons. The first-order valence-corrected chi connectivity index (χ1v) is 5.50. The fourth-order valence-electron chi connectivity index (χ4n) is 1.45. The Kier molecular flexibility index (Phi) is 3.52. The van der Waals surface area contributed by atoms with Crippen molar-refractivity contribution in [1.82, 2.24) is 14.8 Å². The Labute approximate surface area is 117 Å². The summed E-state index contributed by atoms with van der Waals surface area (Å²) in [6.07, 6.45) is -9.17. The maximum absolute atomic E-state index is 12.4. The molecule has 2 rings (SSSR count). The Bertz CT molecular complexity index is 730. The minimum absolute atomic E-state index is 0.246. The predicted octanol–water partition coefficient (Wildman–Crippen LogP) is 3.25. The number of H-pyrrole nitrogens is 1. The molecule has 0 fully saturated rings. The number of rotatable bonds is 1. The molecule has 0 atom stereocenters. The van der Waals surface area contributed by atoms with Crippen molar-refractivity contribution in [3.05, 3.63) is 45.0 Å². The number of nitrogens with one attached hydrogen (secondary N) is 1. The third-order valence-corrected chi connectivity index (χ3v) is 2.66. The molecule has 4 nitrogen and oxygen atoms in total. The Hall–Kier alpha value is -1.97. The lowest BCUT2D eigenvalue weighted by Crippen LogP contribution is -2.16. The molecule has 1 N–H and O–H groups in total. The average Bonchev–Trinajstić information content (AvgIpc) is 2.70. The van der Waals surface area contributed by atoms with Crippen molar-refractivity contribution in [3.8, 4) is 5.82 Å². The topological polar surface area (TPSA) is 50.7 Å². The molecule has 0 saturated heterocycles. The molecule has 0 aliphatic heterocycles. The molecule has 0 aliphatic rings. The number of aromatic amines is 1. The van der Waals surface area contributed by atoms with Crippen molar-refractivity contribution < 1.29 is 26.3 Å². The quantitative estimate of drug-likeness (QED) is 0.816. The second kappa shape index (κ2) is 4.79. The number of halogens is 7. The predicted molar refractivity (Wildman–Crippen MR) is 59.2 cm³/mol. The zero-order chi connectivity index (χ0) is 16.0. The summed E-state index contributed by atoms with van der Waals surface area (Å²) < 4.78 is 74.9. The van der Waals surface area contributed by atoms with Crippen molar-refractivity contribution in [2.24, 2.45) is 0 Å². The fraction of sp³-hybridized carbons (Fsp3) is 0.200. The summed E-state index contributed by atoms with van der Waals surface area (Å²) in [5, 5.41) is 1.07. The summed E-state index contributed by atoms with van der Waals surface area (Å²) in [4.78, 5) is 14.7. The molecule has 114 valence electrons. The fourth-order valence-corrected chi connectivity index (χ4v) is 1.70. The third-order valence-electron chi connectivity index (χ3n) is 2.39. The highest BCUT2D eigenvalue weighted by atomic mass is 35.5. The molecule has 0 aliphatic carbocycles. The van der Waals surface area contributed by atoms with Crippen molar-refractivity contribution in [2.75, 3.05) is 0 Å². The molecular weight excluding hydrogens is 328 g/mol. The molecule has 21 heavy (non-hydrogen) atoms. The van der Waals surface area contributed by atoms with Crippen LogP contribution in [0.4, 0.5) is 26.3 Å². The van der Waals surface area contributed by atoms with E-state index in [9.17, 15) is 31.1 Å². The van der Waals surface area contributed by atoms with Gasteiger partial charge in [-0.3, -0.25) is 9.89 Å². The molecule has 0 unspecified atom stereocenters. The SMILES string of the molecule is O=c1cc(C(F)(F)F)[nH]n1-c1ncc(C(F)(F)F)cc1Cl. The van der Waals surface area contributed by atoms with Crippen molar-refractivity contribution >= 4 is 11.6 Å². The van der Waals surface area contributed by atoms with Gasteiger partial charge < -0.3 is 0 Å². The van der Waals surface area contributed by atoms with Crippen LogP contribution in [0.5, 0.6) is 0 Å². The molecule has 2 heterocycles. The molecule has 0 amide bonds. The van der Waals surface area contributed by atoms with Crippen molar-refractivity contribution in [3.63, 3.8) is 0 Å². The van der Waals surface area contributed by atoms with Crippen LogP contribution >= 0.6 is 11.6 Å². The number of nitrogens with zero attached hydrogens (tertiary/aromatic N) is 2. The van der Waals surface area contributed by atoms with E-state index < -0.39 is 40.0 Å². The van der Waals surface area contributed by atoms with Crippen LogP contribution in [-0.4, -0.2) is 14.8 Å². The average molecular weight is 332 g/mol. The van der Waals surface area contributed by atoms with Crippen molar-refractivity contribution in [1.29, 1.82) is 0 Å². The van der Waals surface area contributed by atoms with Gasteiger partial charge in [0.1, 0.15) is 5.69 Å². The Balaban J connectivity index is 2.54. The van der Waals surface area contributed by atoms with Crippen molar-refractivity contribution in [2.45, 2.75) is 12.4 Å². The van der Waals surface area contributed by atoms with Gasteiger partial charge in [0.05, 0.1) is 10.6 Å². The van der Waals surface area contributed by atoms with Gasteiger partial charge in [0, 0.05) is 12.3 Å². The zero-order valence-corrected chi connectivity index (χ0v) is 10.4. The third kappa shape index (κ3) is 3.04. The molecule has 0 bridgehead atoms. The van der Waals surface area contributed by atoms with Crippen LogP contribution in [0.15, 0.2) is 23.1 Å². The number of aromatic nitrogens is 3. The maximum atomic E-state index is 12.4. The van der Waals surface area contributed by atoms with E-state index in [-0.39, 0.29) is 6.07 Å². The molecule has 0 spiro atoms. The van der Waals surface area contributed by atoms with Crippen LogP contribution in [0.25, 0.3) is 5.82 Å². The molecule has 0 aromatic carbocycles.